The van der Waals surface area contributed by atoms with Crippen LogP contribution in [0.5, 0.6) is 0 Å². The Labute approximate surface area is 154 Å². The average Bonchev–Trinajstić information content (AvgIpc) is 2.86. The molecule has 25 heavy (non-hydrogen) atoms. The molecule has 0 bridgehead atoms. The lowest BCUT2D eigenvalue weighted by Gasteiger charge is -2.60. The third kappa shape index (κ3) is 2.22. The average molecular weight is 350 g/mol. The summed E-state index contributed by atoms with van der Waals surface area (Å²) in [5.41, 5.74) is 0.169. The fourth-order valence-corrected chi connectivity index (χ4v) is 7.14. The topological polar surface area (TPSA) is 60.8 Å². The van der Waals surface area contributed by atoms with E-state index in [0.29, 0.717) is 12.8 Å². The number of amides is 1. The molecule has 0 aromatic carbocycles. The molecule has 1 aliphatic heterocycles. The van der Waals surface area contributed by atoms with Crippen LogP contribution in [0.1, 0.15) is 62.0 Å². The summed E-state index contributed by atoms with van der Waals surface area (Å²) in [6.07, 6.45) is 2.84. The number of hydrogen-bond acceptors (Lipinski definition) is 3. The van der Waals surface area contributed by atoms with Crippen LogP contribution in [-0.2, 0) is 4.79 Å². The summed E-state index contributed by atoms with van der Waals surface area (Å²) in [4.78, 5) is 14.0. The molecule has 3 aliphatic carbocycles. The van der Waals surface area contributed by atoms with Gasteiger partial charge in [-0.1, -0.05) is 19.9 Å². The summed E-state index contributed by atoms with van der Waals surface area (Å²) < 4.78 is 17.2. The van der Waals surface area contributed by atoms with Gasteiger partial charge < -0.3 is 15.1 Å². The molecule has 1 amide bonds. The number of piperidine rings is 1. The van der Waals surface area contributed by atoms with Crippen LogP contribution in [0.15, 0.2) is 11.8 Å². The maximum absolute atomic E-state index is 12.2. The van der Waals surface area contributed by atoms with E-state index in [4.69, 9.17) is 2.74 Å². The quantitative estimate of drug-likeness (QED) is 0.765. The molecular weight excluding hydrogens is 314 g/mol. The largest absolute Gasteiger partial charge is 0.393 e. The predicted octanol–water partition coefficient (Wildman–Crippen LogP) is 2.94. The first-order valence-corrected chi connectivity index (χ1v) is 9.74. The Bertz CT molecular complexity index is 700. The van der Waals surface area contributed by atoms with Gasteiger partial charge in [-0.2, -0.15) is 0 Å². The molecule has 4 aliphatic rings. The molecule has 8 atom stereocenters. The minimum atomic E-state index is -1.63. The van der Waals surface area contributed by atoms with Crippen molar-refractivity contribution in [3.05, 3.63) is 11.8 Å². The number of nitrogens with zero attached hydrogens (tertiary/aromatic N) is 1. The molecule has 2 N–H and O–H groups in total. The maximum Gasteiger partial charge on any atom is 0.226 e. The van der Waals surface area contributed by atoms with Crippen molar-refractivity contribution in [2.24, 2.45) is 34.5 Å². The highest BCUT2D eigenvalue weighted by Gasteiger charge is 2.62. The summed E-state index contributed by atoms with van der Waals surface area (Å²) in [5.74, 6) is 0.0775. The molecule has 4 nitrogen and oxygen atoms in total. The zero-order valence-electron chi connectivity index (χ0n) is 17.9. The first-order chi connectivity index (χ1) is 12.3. The Kier molecular flexibility index (Phi) is 3.38. The molecule has 0 aromatic rings. The number of likely N-dealkylation sites (tertiary alicyclic amines) is 1. The van der Waals surface area contributed by atoms with Gasteiger partial charge in [-0.25, -0.2) is 0 Å². The van der Waals surface area contributed by atoms with Crippen molar-refractivity contribution in [1.82, 2.24) is 4.90 Å². The molecule has 4 rings (SSSR count). The van der Waals surface area contributed by atoms with Gasteiger partial charge in [0.2, 0.25) is 5.91 Å². The Balaban J connectivity index is 1.79. The smallest absolute Gasteiger partial charge is 0.226 e. The SMILES string of the molecule is [2H]C(C)(O)C1CCC2C3CC=C4N(C)C(=O)CC[C@]4(C)C3[C@@]([2H])(O)C[C@@]21C. The summed E-state index contributed by atoms with van der Waals surface area (Å²) in [6.45, 7) is 5.74. The highest BCUT2D eigenvalue weighted by molar-refractivity contribution is 5.79. The number of aliphatic hydroxyl groups is 2. The third-order valence-corrected chi connectivity index (χ3v) is 8.23. The van der Waals surface area contributed by atoms with Gasteiger partial charge in [-0.3, -0.25) is 4.79 Å². The van der Waals surface area contributed by atoms with Gasteiger partial charge in [-0.05, 0) is 68.1 Å². The van der Waals surface area contributed by atoms with Crippen LogP contribution in [0.3, 0.4) is 0 Å². The van der Waals surface area contributed by atoms with Crippen molar-refractivity contribution in [3.63, 3.8) is 0 Å². The van der Waals surface area contributed by atoms with Crippen LogP contribution < -0.4 is 0 Å². The number of carbonyl (C=O) groups excluding carboxylic acids is 1. The van der Waals surface area contributed by atoms with E-state index in [9.17, 15) is 15.0 Å². The first-order valence-electron chi connectivity index (χ1n) is 10.7. The number of allylic oxidation sites excluding steroid dienone is 2. The zero-order chi connectivity index (χ0) is 20.0. The normalized spacial score (nSPS) is 56.0. The van der Waals surface area contributed by atoms with Crippen molar-refractivity contribution >= 4 is 5.91 Å². The van der Waals surface area contributed by atoms with Gasteiger partial charge in [0, 0.05) is 24.6 Å². The summed E-state index contributed by atoms with van der Waals surface area (Å²) in [7, 11) is 1.81. The van der Waals surface area contributed by atoms with Gasteiger partial charge in [0.1, 0.15) is 0 Å². The second-order valence-electron chi connectivity index (χ2n) is 9.39. The molecule has 1 heterocycles. The Morgan fingerprint density at radius 2 is 2.16 bits per heavy atom. The highest BCUT2D eigenvalue weighted by atomic mass is 16.3. The van der Waals surface area contributed by atoms with Crippen molar-refractivity contribution in [2.45, 2.75) is 71.5 Å². The summed E-state index contributed by atoms with van der Waals surface area (Å²) >= 11 is 0. The van der Waals surface area contributed by atoms with Gasteiger partial charge in [-0.15, -0.1) is 0 Å². The van der Waals surface area contributed by atoms with Crippen LogP contribution in [0.25, 0.3) is 0 Å². The molecule has 4 heteroatoms. The van der Waals surface area contributed by atoms with Crippen LogP contribution in [0.4, 0.5) is 0 Å². The lowest BCUT2D eigenvalue weighted by molar-refractivity contribution is -0.150. The fraction of sp³-hybridized carbons (Fsp3) is 0.857. The van der Waals surface area contributed by atoms with E-state index in [-0.39, 0.29) is 41.4 Å². The van der Waals surface area contributed by atoms with Crippen molar-refractivity contribution in [1.29, 1.82) is 0 Å². The Hall–Kier alpha value is -0.870. The van der Waals surface area contributed by atoms with Crippen molar-refractivity contribution in [2.75, 3.05) is 7.05 Å². The molecule has 140 valence electrons. The monoisotopic (exact) mass is 349 g/mol. The van der Waals surface area contributed by atoms with Gasteiger partial charge >= 0.3 is 0 Å². The molecule has 0 aromatic heterocycles. The minimum absolute atomic E-state index is 0.109. The standard InChI is InChI=1S/C21H33NO3/c1-12(23)14-6-7-15-13-5-8-17-20(2,10-9-18(25)22(17)4)19(13)16(24)11-21(14,15)3/h8,12-16,19,23-24H,5-7,9-11H2,1-4H3/t12?,13?,14?,15?,16-,19?,20-,21+/m0/s1/i12D,16D. The Morgan fingerprint density at radius 1 is 1.44 bits per heavy atom. The van der Waals surface area contributed by atoms with Gasteiger partial charge in [0.15, 0.2) is 0 Å². The predicted molar refractivity (Wildman–Crippen MR) is 96.4 cm³/mol. The molecule has 1 saturated heterocycles. The van der Waals surface area contributed by atoms with E-state index < -0.39 is 17.6 Å². The van der Waals surface area contributed by atoms with Crippen molar-refractivity contribution in [3.8, 4) is 0 Å². The van der Waals surface area contributed by atoms with Crippen LogP contribution >= 0.6 is 0 Å². The van der Waals surface area contributed by atoms with Crippen molar-refractivity contribution < 1.29 is 17.7 Å². The van der Waals surface area contributed by atoms with Crippen LogP contribution in [-0.4, -0.2) is 40.2 Å². The van der Waals surface area contributed by atoms with E-state index in [2.05, 4.69) is 19.9 Å². The number of carbonyl (C=O) groups is 1. The molecule has 5 unspecified atom stereocenters. The number of fused-ring (bicyclic) bond motifs is 5. The maximum atomic E-state index is 12.2. The lowest BCUT2D eigenvalue weighted by atomic mass is 9.48. The van der Waals surface area contributed by atoms with E-state index in [0.717, 1.165) is 25.0 Å². The summed E-state index contributed by atoms with van der Waals surface area (Å²) in [6, 6.07) is 0. The van der Waals surface area contributed by atoms with E-state index in [1.54, 1.807) is 11.8 Å². The van der Waals surface area contributed by atoms with E-state index >= 15 is 0 Å². The first kappa shape index (κ1) is 15.2. The van der Waals surface area contributed by atoms with Crippen LogP contribution in [0, 0.1) is 34.5 Å². The Morgan fingerprint density at radius 3 is 2.84 bits per heavy atom. The van der Waals surface area contributed by atoms with Gasteiger partial charge in [0.05, 0.1) is 14.9 Å². The molecule has 0 radical (unpaired) electrons. The molecule has 3 fully saturated rings. The van der Waals surface area contributed by atoms with Crippen LogP contribution in [0.2, 0.25) is 0 Å². The lowest BCUT2D eigenvalue weighted by Crippen LogP contribution is -2.58. The molecule has 2 saturated carbocycles. The zero-order valence-corrected chi connectivity index (χ0v) is 15.9. The third-order valence-electron chi connectivity index (χ3n) is 8.23. The minimum Gasteiger partial charge on any atom is -0.393 e. The van der Waals surface area contributed by atoms with Gasteiger partial charge in [0.25, 0.3) is 0 Å². The molecule has 0 spiro atoms. The highest BCUT2D eigenvalue weighted by Crippen LogP contribution is 2.66. The number of rotatable bonds is 1. The fourth-order valence-electron chi connectivity index (χ4n) is 7.14. The second kappa shape index (κ2) is 5.56. The summed E-state index contributed by atoms with van der Waals surface area (Å²) in [5, 5.41) is 21.9. The van der Waals surface area contributed by atoms with E-state index in [1.807, 2.05) is 7.05 Å². The second-order valence-corrected chi connectivity index (χ2v) is 9.39. The van der Waals surface area contributed by atoms with E-state index in [1.165, 1.54) is 0 Å². The molecular formula is C21H33NO3. The number of hydrogen-bond donors (Lipinski definition) is 2.